The largest absolute Gasteiger partial charge is 0.325 e. The Balaban J connectivity index is 1.98. The van der Waals surface area contributed by atoms with Crippen molar-refractivity contribution < 1.29 is 9.59 Å². The van der Waals surface area contributed by atoms with E-state index in [2.05, 4.69) is 10.6 Å². The summed E-state index contributed by atoms with van der Waals surface area (Å²) in [5.74, 6) is -0.204. The second-order valence-corrected chi connectivity index (χ2v) is 5.86. The van der Waals surface area contributed by atoms with Crippen molar-refractivity contribution in [1.29, 1.82) is 0 Å². The van der Waals surface area contributed by atoms with Gasteiger partial charge in [0.25, 0.3) is 5.91 Å². The molecule has 0 heterocycles. The van der Waals surface area contributed by atoms with Crippen LogP contribution in [-0.2, 0) is 4.79 Å². The number of benzene rings is 2. The van der Waals surface area contributed by atoms with Crippen LogP contribution in [0.5, 0.6) is 0 Å². The fourth-order valence-corrected chi connectivity index (χ4v) is 2.16. The van der Waals surface area contributed by atoms with E-state index in [4.69, 9.17) is 0 Å². The van der Waals surface area contributed by atoms with Crippen LogP contribution in [0.2, 0.25) is 0 Å². The smallest absolute Gasteiger partial charge is 0.258 e. The second kappa shape index (κ2) is 8.26. The third kappa shape index (κ3) is 4.93. The first kappa shape index (κ1) is 17.7. The Labute approximate surface area is 142 Å². The molecule has 0 fully saturated rings. The van der Waals surface area contributed by atoms with Crippen LogP contribution in [0.25, 0.3) is 0 Å². The molecule has 0 saturated carbocycles. The minimum absolute atomic E-state index is 0.0967. The van der Waals surface area contributed by atoms with E-state index in [1.54, 1.807) is 36.2 Å². The Bertz CT molecular complexity index is 682. The second-order valence-electron chi connectivity index (χ2n) is 5.86. The number of anilines is 2. The van der Waals surface area contributed by atoms with Gasteiger partial charge in [-0.1, -0.05) is 32.0 Å². The third-order valence-corrected chi connectivity index (χ3v) is 3.53. The molecule has 2 rings (SSSR count). The van der Waals surface area contributed by atoms with Crippen LogP contribution in [0.4, 0.5) is 11.4 Å². The van der Waals surface area contributed by atoms with Crippen LogP contribution < -0.4 is 15.5 Å². The summed E-state index contributed by atoms with van der Waals surface area (Å²) in [6, 6.07) is 16.6. The highest BCUT2D eigenvalue weighted by Crippen LogP contribution is 2.16. The molecule has 0 unspecified atom stereocenters. The van der Waals surface area contributed by atoms with Gasteiger partial charge in [-0.3, -0.25) is 9.59 Å². The monoisotopic (exact) mass is 325 g/mol. The molecule has 5 heteroatoms. The number of rotatable bonds is 6. The van der Waals surface area contributed by atoms with Crippen LogP contribution in [0.3, 0.4) is 0 Å². The molecule has 0 aliphatic carbocycles. The van der Waals surface area contributed by atoms with Crippen LogP contribution in [0.15, 0.2) is 54.6 Å². The molecule has 0 aromatic heterocycles. The molecular formula is C19H23N3O2. The van der Waals surface area contributed by atoms with Crippen LogP contribution >= 0.6 is 0 Å². The minimum atomic E-state index is -0.107. The molecule has 126 valence electrons. The molecule has 24 heavy (non-hydrogen) atoms. The number of nitrogens with zero attached hydrogens (tertiary/aromatic N) is 1. The number of carbonyl (C=O) groups excluding carboxylic acids is 2. The fraction of sp³-hybridized carbons (Fsp3) is 0.263. The van der Waals surface area contributed by atoms with E-state index < -0.39 is 0 Å². The van der Waals surface area contributed by atoms with E-state index in [9.17, 15) is 9.59 Å². The summed E-state index contributed by atoms with van der Waals surface area (Å²) >= 11 is 0. The van der Waals surface area contributed by atoms with Crippen molar-refractivity contribution in [3.05, 3.63) is 60.2 Å². The van der Waals surface area contributed by atoms with Gasteiger partial charge < -0.3 is 15.5 Å². The van der Waals surface area contributed by atoms with Gasteiger partial charge in [0, 0.05) is 30.0 Å². The predicted molar refractivity (Wildman–Crippen MR) is 97.4 cm³/mol. The lowest BCUT2D eigenvalue weighted by atomic mass is 10.1. The summed E-state index contributed by atoms with van der Waals surface area (Å²) in [6.07, 6.45) is 0. The van der Waals surface area contributed by atoms with Crippen molar-refractivity contribution in [2.45, 2.75) is 19.9 Å². The summed E-state index contributed by atoms with van der Waals surface area (Å²) in [5.41, 5.74) is 2.07. The lowest BCUT2D eigenvalue weighted by Crippen LogP contribution is -2.32. The van der Waals surface area contributed by atoms with E-state index in [1.165, 1.54) is 0 Å². The number of hydrogen-bond donors (Lipinski definition) is 2. The maximum atomic E-state index is 12.5. The van der Waals surface area contributed by atoms with E-state index >= 15 is 0 Å². The molecule has 0 radical (unpaired) electrons. The first-order chi connectivity index (χ1) is 11.5. The summed E-state index contributed by atoms with van der Waals surface area (Å²) in [4.78, 5) is 25.9. The number of para-hydroxylation sites is 1. The van der Waals surface area contributed by atoms with Crippen LogP contribution in [-0.4, -0.2) is 31.4 Å². The summed E-state index contributed by atoms with van der Waals surface area (Å²) in [7, 11) is 1.74. The van der Waals surface area contributed by atoms with Crippen molar-refractivity contribution >= 4 is 23.2 Å². The van der Waals surface area contributed by atoms with Crippen LogP contribution in [0, 0.1) is 0 Å². The van der Waals surface area contributed by atoms with Crippen molar-refractivity contribution in [2.75, 3.05) is 23.8 Å². The van der Waals surface area contributed by atoms with Gasteiger partial charge in [-0.2, -0.15) is 0 Å². The molecule has 0 aliphatic heterocycles. The summed E-state index contributed by atoms with van der Waals surface area (Å²) in [5, 5.41) is 5.85. The first-order valence-corrected chi connectivity index (χ1v) is 7.94. The van der Waals surface area contributed by atoms with Gasteiger partial charge in [-0.25, -0.2) is 0 Å². The molecule has 0 spiro atoms. The van der Waals surface area contributed by atoms with Gasteiger partial charge in [0.2, 0.25) is 5.91 Å². The average Bonchev–Trinajstić information content (AvgIpc) is 2.60. The highest BCUT2D eigenvalue weighted by atomic mass is 16.2. The predicted octanol–water partition coefficient (Wildman–Crippen LogP) is 2.90. The van der Waals surface area contributed by atoms with E-state index in [0.29, 0.717) is 11.3 Å². The highest BCUT2D eigenvalue weighted by molar-refractivity contribution is 6.06. The zero-order valence-electron chi connectivity index (χ0n) is 14.2. The van der Waals surface area contributed by atoms with Gasteiger partial charge in [0.1, 0.15) is 0 Å². The maximum Gasteiger partial charge on any atom is 0.258 e. The first-order valence-electron chi connectivity index (χ1n) is 7.94. The molecule has 5 nitrogen and oxygen atoms in total. The van der Waals surface area contributed by atoms with Gasteiger partial charge in [-0.15, -0.1) is 0 Å². The van der Waals surface area contributed by atoms with Gasteiger partial charge >= 0.3 is 0 Å². The Hall–Kier alpha value is -2.66. The minimum Gasteiger partial charge on any atom is -0.325 e. The van der Waals surface area contributed by atoms with Crippen molar-refractivity contribution in [1.82, 2.24) is 5.32 Å². The van der Waals surface area contributed by atoms with E-state index in [1.807, 2.05) is 44.2 Å². The average molecular weight is 325 g/mol. The zero-order valence-corrected chi connectivity index (χ0v) is 14.2. The van der Waals surface area contributed by atoms with E-state index in [-0.39, 0.29) is 24.4 Å². The Morgan fingerprint density at radius 2 is 1.62 bits per heavy atom. The van der Waals surface area contributed by atoms with E-state index in [0.717, 1.165) is 5.69 Å². The maximum absolute atomic E-state index is 12.5. The Kier molecular flexibility index (Phi) is 6.09. The molecule has 0 atom stereocenters. The SMILES string of the molecule is CC(C)NCC(=O)Nc1ccc(C(=O)N(C)c2ccccc2)cc1. The molecular weight excluding hydrogens is 302 g/mol. The fourth-order valence-electron chi connectivity index (χ4n) is 2.16. The summed E-state index contributed by atoms with van der Waals surface area (Å²) in [6.45, 7) is 4.23. The standard InChI is InChI=1S/C19H23N3O2/c1-14(2)20-13-18(23)21-16-11-9-15(10-12-16)19(24)22(3)17-7-5-4-6-8-17/h4-12,14,20H,13H2,1-3H3,(H,21,23). The molecule has 2 N–H and O–H groups in total. The molecule has 2 aromatic carbocycles. The lowest BCUT2D eigenvalue weighted by molar-refractivity contribution is -0.115. The molecule has 0 bridgehead atoms. The Morgan fingerprint density at radius 3 is 2.21 bits per heavy atom. The highest BCUT2D eigenvalue weighted by Gasteiger charge is 2.13. The Morgan fingerprint density at radius 1 is 1.00 bits per heavy atom. The zero-order chi connectivity index (χ0) is 17.5. The number of amides is 2. The molecule has 2 amide bonds. The van der Waals surface area contributed by atoms with Crippen molar-refractivity contribution in [3.8, 4) is 0 Å². The van der Waals surface area contributed by atoms with Gasteiger partial charge in [0.05, 0.1) is 6.54 Å². The van der Waals surface area contributed by atoms with Crippen molar-refractivity contribution in [3.63, 3.8) is 0 Å². The van der Waals surface area contributed by atoms with Gasteiger partial charge in [0.15, 0.2) is 0 Å². The lowest BCUT2D eigenvalue weighted by Gasteiger charge is -2.17. The third-order valence-electron chi connectivity index (χ3n) is 3.53. The normalized spacial score (nSPS) is 10.5. The number of hydrogen-bond acceptors (Lipinski definition) is 3. The quantitative estimate of drug-likeness (QED) is 0.858. The number of carbonyl (C=O) groups is 2. The van der Waals surface area contributed by atoms with Gasteiger partial charge in [-0.05, 0) is 36.4 Å². The molecule has 0 saturated heterocycles. The summed E-state index contributed by atoms with van der Waals surface area (Å²) < 4.78 is 0. The topological polar surface area (TPSA) is 61.4 Å². The molecule has 0 aliphatic rings. The molecule has 2 aromatic rings. The van der Waals surface area contributed by atoms with Crippen molar-refractivity contribution in [2.24, 2.45) is 0 Å². The van der Waals surface area contributed by atoms with Crippen LogP contribution in [0.1, 0.15) is 24.2 Å². The number of nitrogens with one attached hydrogen (secondary N) is 2.